The van der Waals surface area contributed by atoms with Gasteiger partial charge in [0.1, 0.15) is 5.82 Å². The van der Waals surface area contributed by atoms with Gasteiger partial charge in [0, 0.05) is 44.2 Å². The summed E-state index contributed by atoms with van der Waals surface area (Å²) in [5.41, 5.74) is 0.434. The van der Waals surface area contributed by atoms with Crippen LogP contribution in [0.15, 0.2) is 16.7 Å². The van der Waals surface area contributed by atoms with Crippen molar-refractivity contribution in [1.29, 1.82) is 0 Å². The van der Waals surface area contributed by atoms with E-state index >= 15 is 0 Å². The number of amides is 1. The van der Waals surface area contributed by atoms with E-state index in [0.717, 1.165) is 75.5 Å². The Morgan fingerprint density at radius 1 is 1.12 bits per heavy atom. The molecule has 2 saturated carbocycles. The third-order valence-corrected chi connectivity index (χ3v) is 7.98. The molecule has 174 valence electrons. The number of carbonyl (C=O) groups excluding carboxylic acids is 1. The van der Waals surface area contributed by atoms with Crippen LogP contribution in [-0.2, 0) is 4.79 Å². The number of nitrogens with one attached hydrogen (secondary N) is 1. The molecule has 8 heteroatoms. The number of nitrogens with zero attached hydrogens (tertiary/aromatic N) is 3. The van der Waals surface area contributed by atoms with E-state index in [9.17, 15) is 9.18 Å². The molecule has 6 nitrogen and oxygen atoms in total. The zero-order valence-electron chi connectivity index (χ0n) is 18.5. The highest BCUT2D eigenvalue weighted by molar-refractivity contribution is 6.31. The molecule has 1 amide bonds. The molecule has 3 aliphatic rings. The molecule has 0 bridgehead atoms. The summed E-state index contributed by atoms with van der Waals surface area (Å²) < 4.78 is 19.0. The zero-order valence-corrected chi connectivity index (χ0v) is 19.2. The van der Waals surface area contributed by atoms with Crippen LogP contribution in [0.2, 0.25) is 5.02 Å². The van der Waals surface area contributed by atoms with Gasteiger partial charge in [-0.25, -0.2) is 4.39 Å². The number of carbonyl (C=O) groups is 1. The molecular weight excluding hydrogens is 431 g/mol. The van der Waals surface area contributed by atoms with Crippen LogP contribution in [-0.4, -0.2) is 54.7 Å². The number of anilines is 1. The lowest BCUT2D eigenvalue weighted by molar-refractivity contribution is -0.128. The second-order valence-electron chi connectivity index (χ2n) is 9.74. The summed E-state index contributed by atoms with van der Waals surface area (Å²) in [5.74, 6) is 1.62. The van der Waals surface area contributed by atoms with Crippen LogP contribution >= 0.6 is 11.6 Å². The van der Waals surface area contributed by atoms with Crippen LogP contribution in [0.4, 0.5) is 10.2 Å². The summed E-state index contributed by atoms with van der Waals surface area (Å²) in [5, 5.41) is 8.32. The predicted octanol–water partition coefficient (Wildman–Crippen LogP) is 4.61. The Hall–Kier alpha value is -1.86. The normalized spacial score (nSPS) is 25.1. The van der Waals surface area contributed by atoms with Crippen LogP contribution < -0.4 is 10.2 Å². The van der Waals surface area contributed by atoms with Gasteiger partial charge in [0.05, 0.1) is 10.4 Å². The number of hydrogen-bond acceptors (Lipinski definition) is 5. The van der Waals surface area contributed by atoms with E-state index in [-0.39, 0.29) is 5.02 Å². The summed E-state index contributed by atoms with van der Waals surface area (Å²) in [6.07, 6.45) is 9.28. The van der Waals surface area contributed by atoms with Crippen molar-refractivity contribution >= 4 is 34.3 Å². The molecule has 3 fully saturated rings. The minimum absolute atomic E-state index is 0.0953. The third kappa shape index (κ3) is 4.74. The number of halogens is 2. The van der Waals surface area contributed by atoms with Gasteiger partial charge in [-0.05, 0) is 63.5 Å². The van der Waals surface area contributed by atoms with Crippen LogP contribution in [0, 0.1) is 17.7 Å². The van der Waals surface area contributed by atoms with Crippen molar-refractivity contribution in [3.63, 3.8) is 0 Å². The van der Waals surface area contributed by atoms with E-state index in [1.54, 1.807) is 6.07 Å². The van der Waals surface area contributed by atoms with Crippen molar-refractivity contribution in [3.05, 3.63) is 23.0 Å². The molecule has 1 aromatic carbocycles. The van der Waals surface area contributed by atoms with E-state index in [1.807, 2.05) is 0 Å². The molecule has 1 aromatic heterocycles. The van der Waals surface area contributed by atoms with Crippen molar-refractivity contribution in [2.45, 2.75) is 57.4 Å². The van der Waals surface area contributed by atoms with Gasteiger partial charge in [-0.2, -0.15) is 0 Å². The van der Waals surface area contributed by atoms with Crippen LogP contribution in [0.1, 0.15) is 51.4 Å². The smallest absolute Gasteiger partial charge is 0.223 e. The van der Waals surface area contributed by atoms with Gasteiger partial charge in [0.25, 0.3) is 0 Å². The summed E-state index contributed by atoms with van der Waals surface area (Å²) in [6, 6.07) is 3.30. The Labute approximate surface area is 193 Å². The van der Waals surface area contributed by atoms with E-state index < -0.39 is 5.82 Å². The fraction of sp³-hybridized carbons (Fsp3) is 0.667. The van der Waals surface area contributed by atoms with Gasteiger partial charge < -0.3 is 14.7 Å². The van der Waals surface area contributed by atoms with Gasteiger partial charge in [0.2, 0.25) is 5.91 Å². The first-order valence-corrected chi connectivity index (χ1v) is 12.5. The van der Waals surface area contributed by atoms with Crippen LogP contribution in [0.25, 0.3) is 11.0 Å². The van der Waals surface area contributed by atoms with Crippen molar-refractivity contribution in [1.82, 2.24) is 15.4 Å². The minimum Gasteiger partial charge on any atom is -0.354 e. The molecule has 0 unspecified atom stereocenters. The molecule has 0 spiro atoms. The molecule has 32 heavy (non-hydrogen) atoms. The van der Waals surface area contributed by atoms with Crippen molar-refractivity contribution < 1.29 is 13.7 Å². The van der Waals surface area contributed by atoms with Gasteiger partial charge in [-0.1, -0.05) is 23.2 Å². The van der Waals surface area contributed by atoms with Gasteiger partial charge in [0.15, 0.2) is 11.4 Å². The summed E-state index contributed by atoms with van der Waals surface area (Å²) >= 11 is 5.96. The van der Waals surface area contributed by atoms with Gasteiger partial charge in [-0.15, -0.1) is 0 Å². The number of fused-ring (bicyclic) bond motifs is 1. The molecule has 2 aromatic rings. The largest absolute Gasteiger partial charge is 0.354 e. The molecule has 2 heterocycles. The van der Waals surface area contributed by atoms with Gasteiger partial charge >= 0.3 is 0 Å². The standard InChI is InChI=1S/C24H32ClFN4O2/c25-20-14-19-22(15-21(20)26)32-28-23(19)30-12-10-29(11-13-30)9-8-16-4-6-18(7-5-16)27-24(31)17-2-1-3-17/h14-18H,1-13H2,(H,27,31)/t16-,18-. The van der Waals surface area contributed by atoms with E-state index in [0.29, 0.717) is 23.4 Å². The summed E-state index contributed by atoms with van der Waals surface area (Å²) in [7, 11) is 0. The Balaban J connectivity index is 1.04. The highest BCUT2D eigenvalue weighted by Crippen LogP contribution is 2.32. The Bertz CT molecular complexity index is 947. The predicted molar refractivity (Wildman–Crippen MR) is 123 cm³/mol. The maximum Gasteiger partial charge on any atom is 0.223 e. The molecule has 2 aliphatic carbocycles. The van der Waals surface area contributed by atoms with Crippen molar-refractivity contribution in [2.24, 2.45) is 11.8 Å². The van der Waals surface area contributed by atoms with Crippen molar-refractivity contribution in [2.75, 3.05) is 37.6 Å². The van der Waals surface area contributed by atoms with E-state index in [2.05, 4.69) is 20.3 Å². The molecule has 5 rings (SSSR count). The number of rotatable bonds is 6. The molecule has 1 N–H and O–H groups in total. The number of piperazine rings is 1. The average Bonchev–Trinajstić information content (AvgIpc) is 3.15. The lowest BCUT2D eigenvalue weighted by atomic mass is 9.82. The van der Waals surface area contributed by atoms with Crippen LogP contribution in [0.5, 0.6) is 0 Å². The molecular formula is C24H32ClFN4O2. The number of aromatic nitrogens is 1. The molecule has 0 radical (unpaired) electrons. The quantitative estimate of drug-likeness (QED) is 0.679. The molecule has 1 aliphatic heterocycles. The fourth-order valence-corrected chi connectivity index (χ4v) is 5.45. The Morgan fingerprint density at radius 3 is 2.56 bits per heavy atom. The summed E-state index contributed by atoms with van der Waals surface area (Å²) in [6.45, 7) is 4.83. The first-order chi connectivity index (χ1) is 15.6. The third-order valence-electron chi connectivity index (χ3n) is 7.69. The average molecular weight is 463 g/mol. The highest BCUT2D eigenvalue weighted by Gasteiger charge is 2.29. The topological polar surface area (TPSA) is 61.6 Å². The first-order valence-electron chi connectivity index (χ1n) is 12.1. The summed E-state index contributed by atoms with van der Waals surface area (Å²) in [4.78, 5) is 16.9. The lowest BCUT2D eigenvalue weighted by Gasteiger charge is -2.36. The molecule has 0 atom stereocenters. The van der Waals surface area contributed by atoms with Crippen LogP contribution in [0.3, 0.4) is 0 Å². The monoisotopic (exact) mass is 462 g/mol. The Morgan fingerprint density at radius 2 is 1.88 bits per heavy atom. The SMILES string of the molecule is O=C(N[C@H]1CC[C@H](CCN2CCN(c3noc4cc(F)c(Cl)cc34)CC2)CC1)C1CCC1. The lowest BCUT2D eigenvalue weighted by Crippen LogP contribution is -2.47. The van der Waals surface area contributed by atoms with Gasteiger partial charge in [-0.3, -0.25) is 9.69 Å². The number of hydrogen-bond donors (Lipinski definition) is 1. The highest BCUT2D eigenvalue weighted by atomic mass is 35.5. The first kappa shape index (κ1) is 22.0. The maximum absolute atomic E-state index is 13.7. The van der Waals surface area contributed by atoms with Crippen molar-refractivity contribution in [3.8, 4) is 0 Å². The van der Waals surface area contributed by atoms with E-state index in [4.69, 9.17) is 16.1 Å². The second kappa shape index (κ2) is 9.56. The molecule has 1 saturated heterocycles. The van der Waals surface area contributed by atoms with E-state index in [1.165, 1.54) is 31.7 Å². The fourth-order valence-electron chi connectivity index (χ4n) is 5.28. The maximum atomic E-state index is 13.7. The Kier molecular flexibility index (Phi) is 6.56. The minimum atomic E-state index is -0.485. The second-order valence-corrected chi connectivity index (χ2v) is 10.1. The number of benzene rings is 1. The zero-order chi connectivity index (χ0) is 22.1.